The highest BCUT2D eigenvalue weighted by Gasteiger charge is 2.30. The van der Waals surface area contributed by atoms with E-state index in [0.29, 0.717) is 0 Å². The Hall–Kier alpha value is -5.10. The van der Waals surface area contributed by atoms with E-state index in [1.54, 1.807) is 0 Å². The second kappa shape index (κ2) is 27.1. The first-order chi connectivity index (χ1) is 23.1. The number of aliphatic hydroxyl groups is 2. The van der Waals surface area contributed by atoms with Gasteiger partial charge in [-0.15, -0.1) is 25.7 Å². The van der Waals surface area contributed by atoms with Gasteiger partial charge in [0.05, 0.1) is 52.5 Å². The van der Waals surface area contributed by atoms with Crippen LogP contribution in [0, 0.1) is 49.4 Å². The van der Waals surface area contributed by atoms with Gasteiger partial charge in [-0.1, -0.05) is 23.7 Å². The maximum atomic E-state index is 13.3. The van der Waals surface area contributed by atoms with E-state index in [1.165, 1.54) is 14.2 Å². The van der Waals surface area contributed by atoms with E-state index in [4.69, 9.17) is 45.4 Å². The van der Waals surface area contributed by atoms with Crippen LogP contribution in [-0.4, -0.2) is 195 Å². The summed E-state index contributed by atoms with van der Waals surface area (Å²) in [5, 5.41) is 14.0. The third kappa shape index (κ3) is 16.5. The molecule has 1 saturated heterocycles. The number of aliphatic hydroxyl groups excluding tert-OH is 2. The van der Waals surface area contributed by atoms with Crippen LogP contribution in [0.4, 0.5) is 0 Å². The summed E-state index contributed by atoms with van der Waals surface area (Å²) >= 11 is 0. The van der Waals surface area contributed by atoms with Crippen LogP contribution >= 0.6 is 0 Å². The van der Waals surface area contributed by atoms with Gasteiger partial charge in [0.1, 0.15) is 26.2 Å². The zero-order chi connectivity index (χ0) is 37.1. The summed E-state index contributed by atoms with van der Waals surface area (Å²) in [7, 11) is 4.81. The molecule has 16 heteroatoms. The summed E-state index contributed by atoms with van der Waals surface area (Å²) < 4.78 is 10.1. The lowest BCUT2D eigenvalue weighted by atomic mass is 10.3. The molecule has 1 rings (SSSR count). The van der Waals surface area contributed by atoms with Crippen LogP contribution in [0.15, 0.2) is 0 Å². The predicted molar refractivity (Wildman–Crippen MR) is 175 cm³/mol. The molecule has 6 amide bonds. The van der Waals surface area contributed by atoms with Gasteiger partial charge >= 0.3 is 0 Å². The first-order valence-corrected chi connectivity index (χ1v) is 14.3. The third-order valence-corrected chi connectivity index (χ3v) is 6.33. The Morgan fingerprint density at radius 2 is 0.646 bits per heavy atom. The molecule has 2 N–H and O–H groups in total. The molecule has 48 heavy (non-hydrogen) atoms. The van der Waals surface area contributed by atoms with Crippen LogP contribution in [0.1, 0.15) is 0 Å². The molecule has 0 aliphatic carbocycles. The smallest absolute Gasteiger partial charge is 0.243 e. The van der Waals surface area contributed by atoms with Gasteiger partial charge in [0.25, 0.3) is 0 Å². The Morgan fingerprint density at radius 1 is 0.458 bits per heavy atom. The average molecular weight is 675 g/mol. The molecule has 0 atom stereocenters. The van der Waals surface area contributed by atoms with Gasteiger partial charge in [0.15, 0.2) is 0 Å². The zero-order valence-corrected chi connectivity index (χ0v) is 28.1. The molecule has 1 fully saturated rings. The Kier molecular flexibility index (Phi) is 25.4. The standard InChI is InChI=1S/C30H38N6O8.2CH4O/c1-7-11-31-19-25(37)33(13-9-3)21-30(42)36(16-18-44-6)24-28(40)32(12-8-2)20-26(38)34(14-10-4)22-29(41)35(15-17-43-5)23-27(31)39;2*1-2/h1-4H,11-24H2,5-6H3;2*2H,1H3. The molecule has 264 valence electrons. The molecule has 0 aromatic rings. The van der Waals surface area contributed by atoms with Gasteiger partial charge in [-0.05, 0) is 0 Å². The Labute approximate surface area is 282 Å². The largest absolute Gasteiger partial charge is 0.400 e. The lowest BCUT2D eigenvalue weighted by molar-refractivity contribution is -0.149. The fraction of sp³-hybridized carbons (Fsp3) is 0.562. The van der Waals surface area contributed by atoms with E-state index >= 15 is 0 Å². The summed E-state index contributed by atoms with van der Waals surface area (Å²) in [5.74, 6) is 5.22. The maximum Gasteiger partial charge on any atom is 0.243 e. The van der Waals surface area contributed by atoms with Crippen molar-refractivity contribution in [2.24, 2.45) is 0 Å². The number of carbonyl (C=O) groups is 6. The number of hydrogen-bond donors (Lipinski definition) is 2. The topological polar surface area (TPSA) is 181 Å². The minimum absolute atomic E-state index is 0.0340. The molecule has 0 saturated carbocycles. The van der Waals surface area contributed by atoms with Crippen LogP contribution in [0.3, 0.4) is 0 Å². The monoisotopic (exact) mass is 674 g/mol. The molecule has 0 aromatic carbocycles. The first-order valence-electron chi connectivity index (χ1n) is 14.3. The van der Waals surface area contributed by atoms with Gasteiger partial charge in [0.2, 0.25) is 35.4 Å². The van der Waals surface area contributed by atoms with Crippen LogP contribution in [-0.2, 0) is 38.2 Å². The van der Waals surface area contributed by atoms with Crippen molar-refractivity contribution in [1.82, 2.24) is 29.4 Å². The van der Waals surface area contributed by atoms with E-state index in [9.17, 15) is 28.8 Å². The minimum Gasteiger partial charge on any atom is -0.400 e. The van der Waals surface area contributed by atoms with Gasteiger partial charge in [-0.25, -0.2) is 0 Å². The molecule has 0 spiro atoms. The molecule has 1 aliphatic rings. The highest BCUT2D eigenvalue weighted by atomic mass is 16.5. The van der Waals surface area contributed by atoms with Crippen LogP contribution in [0.5, 0.6) is 0 Å². The van der Waals surface area contributed by atoms with Crippen molar-refractivity contribution in [2.75, 3.05) is 120 Å². The van der Waals surface area contributed by atoms with Gasteiger partial charge in [-0.2, -0.15) is 0 Å². The normalized spacial score (nSPS) is 15.5. The second-order valence-electron chi connectivity index (χ2n) is 9.43. The molecular formula is C32H46N6O10. The number of ether oxygens (including phenoxy) is 2. The fourth-order valence-corrected chi connectivity index (χ4v) is 3.94. The third-order valence-electron chi connectivity index (χ3n) is 6.33. The van der Waals surface area contributed by atoms with Crippen molar-refractivity contribution in [1.29, 1.82) is 0 Å². The van der Waals surface area contributed by atoms with Crippen molar-refractivity contribution in [3.8, 4) is 49.4 Å². The van der Waals surface area contributed by atoms with Crippen molar-refractivity contribution < 1.29 is 48.5 Å². The Morgan fingerprint density at radius 3 is 0.833 bits per heavy atom. The van der Waals surface area contributed by atoms with Crippen molar-refractivity contribution >= 4 is 35.4 Å². The quantitative estimate of drug-likeness (QED) is 0.217. The lowest BCUT2D eigenvalue weighted by Crippen LogP contribution is -2.54. The number of amides is 6. The lowest BCUT2D eigenvalue weighted by Gasteiger charge is -2.32. The zero-order valence-electron chi connectivity index (χ0n) is 28.1. The molecule has 1 aliphatic heterocycles. The number of terminal acetylenes is 4. The fourth-order valence-electron chi connectivity index (χ4n) is 3.94. The van der Waals surface area contributed by atoms with Crippen molar-refractivity contribution in [3.05, 3.63) is 0 Å². The molecule has 0 unspecified atom stereocenters. The second-order valence-corrected chi connectivity index (χ2v) is 9.43. The highest BCUT2D eigenvalue weighted by molar-refractivity contribution is 5.94. The van der Waals surface area contributed by atoms with E-state index < -0.39 is 74.7 Å². The number of nitrogens with zero attached hydrogens (tertiary/aromatic N) is 6. The number of methoxy groups -OCH3 is 2. The van der Waals surface area contributed by atoms with E-state index in [1.807, 2.05) is 0 Å². The van der Waals surface area contributed by atoms with Gasteiger partial charge in [-0.3, -0.25) is 28.8 Å². The molecule has 1 heterocycles. The molecule has 0 bridgehead atoms. The van der Waals surface area contributed by atoms with Crippen molar-refractivity contribution in [2.45, 2.75) is 0 Å². The summed E-state index contributed by atoms with van der Waals surface area (Å²) in [6.07, 6.45) is 21.8. The predicted octanol–water partition coefficient (Wildman–Crippen LogP) is -3.99. The molecule has 16 nitrogen and oxygen atoms in total. The molecular weight excluding hydrogens is 628 g/mol. The van der Waals surface area contributed by atoms with Crippen LogP contribution < -0.4 is 0 Å². The van der Waals surface area contributed by atoms with Crippen molar-refractivity contribution in [3.63, 3.8) is 0 Å². The number of hydrogen-bond acceptors (Lipinski definition) is 10. The highest BCUT2D eigenvalue weighted by Crippen LogP contribution is 2.05. The van der Waals surface area contributed by atoms with Crippen LogP contribution in [0.25, 0.3) is 0 Å². The summed E-state index contributed by atoms with van der Waals surface area (Å²) in [6, 6.07) is 0. The van der Waals surface area contributed by atoms with E-state index in [0.717, 1.165) is 43.6 Å². The average Bonchev–Trinajstić information content (AvgIpc) is 3.08. The number of carbonyl (C=O) groups excluding carboxylic acids is 6. The Bertz CT molecular complexity index is 1110. The Balaban J connectivity index is 0. The summed E-state index contributed by atoms with van der Waals surface area (Å²) in [6.45, 7) is -4.24. The minimum atomic E-state index is -0.687. The van der Waals surface area contributed by atoms with Gasteiger partial charge < -0.3 is 49.1 Å². The SMILES string of the molecule is C#CCN1CC(=O)N(CCOC)CC(=O)N(CC#C)CC(=O)N(CC#C)CC(=O)N(CCOC)CC(=O)N(CC#C)CC1=O.CO.CO. The van der Waals surface area contributed by atoms with E-state index in [2.05, 4.69) is 23.7 Å². The number of rotatable bonds is 10. The molecule has 0 aromatic heterocycles. The maximum absolute atomic E-state index is 13.3. The summed E-state index contributed by atoms with van der Waals surface area (Å²) in [4.78, 5) is 86.3. The summed E-state index contributed by atoms with van der Waals surface area (Å²) in [5.41, 5.74) is 0. The molecule has 0 radical (unpaired) electrons. The van der Waals surface area contributed by atoms with Crippen LogP contribution in [0.2, 0.25) is 0 Å². The van der Waals surface area contributed by atoms with E-state index in [-0.39, 0.29) is 52.5 Å². The first kappa shape index (κ1) is 45.0. The van der Waals surface area contributed by atoms with Gasteiger partial charge in [0, 0.05) is 41.5 Å².